The smallest absolute Gasteiger partial charge is 0.308 e. The number of alkyl halides is 6. The molecule has 0 spiro atoms. The molecule has 0 aliphatic heterocycles. The Morgan fingerprint density at radius 1 is 0.208 bits per heavy atom. The number of benzene rings is 14. The van der Waals surface area contributed by atoms with Gasteiger partial charge in [0, 0.05) is 99.4 Å². The van der Waals surface area contributed by atoms with E-state index in [1.807, 2.05) is 267 Å². The Morgan fingerprint density at radius 3 is 0.583 bits per heavy atom. The number of aromatic nitrogens is 14. The SMILES string of the molecule is N#Cc1cc(-n2c3ccc(-c4nc(-c5ccccc5)nc(-c5ccccc5)n4)cc3c3cc(-c4nc(-c5ccccc5)nc(-c5ccccc5)n4)ccc32)c(-c2c(C(F)(F)F)cccc2C(F)(F)F)c(-n2c3ccc(-c4nc(-c5ccccc5)nc(-c5ccccc5)n4)cc3c3cc(-c4nc(-c5ccccc5)nc(-c5ccccc5)n4)ccc32)c1. The molecule has 6 heterocycles. The van der Waals surface area contributed by atoms with Gasteiger partial charge in [-0.05, 0) is 97.1 Å². The van der Waals surface area contributed by atoms with E-state index < -0.39 is 34.6 Å². The monoisotopic (exact) mass is 1570 g/mol. The molecule has 0 unspecified atom stereocenters. The molecule has 0 aliphatic rings. The minimum atomic E-state index is -5.44. The predicted molar refractivity (Wildman–Crippen MR) is 454 cm³/mol. The van der Waals surface area contributed by atoms with Gasteiger partial charge >= 0.3 is 12.4 Å². The van der Waals surface area contributed by atoms with Crippen LogP contribution in [0.5, 0.6) is 0 Å². The quantitative estimate of drug-likeness (QED) is 0.0883. The highest BCUT2D eigenvalue weighted by atomic mass is 19.4. The lowest BCUT2D eigenvalue weighted by Gasteiger charge is -2.25. The molecule has 0 aliphatic carbocycles. The van der Waals surface area contributed by atoms with E-state index in [4.69, 9.17) is 59.8 Å². The van der Waals surface area contributed by atoms with Gasteiger partial charge in [-0.3, -0.25) is 0 Å². The van der Waals surface area contributed by atoms with Crippen LogP contribution in [0.25, 0.3) is 203 Å². The lowest BCUT2D eigenvalue weighted by Crippen LogP contribution is -2.16. The molecule has 120 heavy (non-hydrogen) atoms. The van der Waals surface area contributed by atoms with Crippen molar-refractivity contribution in [1.29, 1.82) is 5.26 Å². The summed E-state index contributed by atoms with van der Waals surface area (Å²) in [5.41, 5.74) is 3.02. The van der Waals surface area contributed by atoms with Crippen molar-refractivity contribution >= 4 is 43.6 Å². The summed E-state index contributed by atoms with van der Waals surface area (Å²) in [5, 5.41) is 13.5. The van der Waals surface area contributed by atoms with Gasteiger partial charge in [-0.2, -0.15) is 31.6 Å². The second kappa shape index (κ2) is 29.9. The second-order valence-electron chi connectivity index (χ2n) is 28.5. The number of hydrogen-bond acceptors (Lipinski definition) is 13. The van der Waals surface area contributed by atoms with Crippen molar-refractivity contribution in [2.45, 2.75) is 12.4 Å². The van der Waals surface area contributed by atoms with Gasteiger partial charge in [0.05, 0.1) is 56.2 Å². The van der Waals surface area contributed by atoms with Crippen molar-refractivity contribution in [3.63, 3.8) is 0 Å². The second-order valence-corrected chi connectivity index (χ2v) is 28.5. The van der Waals surface area contributed by atoms with Crippen molar-refractivity contribution in [1.82, 2.24) is 68.9 Å². The highest BCUT2D eigenvalue weighted by Gasteiger charge is 2.43. The number of nitrogens with zero attached hydrogens (tertiary/aromatic N) is 15. The maximum Gasteiger partial charge on any atom is 0.417 e. The van der Waals surface area contributed by atoms with E-state index in [9.17, 15) is 5.26 Å². The molecule has 21 heteroatoms. The number of halogens is 6. The minimum Gasteiger partial charge on any atom is -0.308 e. The molecule has 0 saturated carbocycles. The van der Waals surface area contributed by atoms with Gasteiger partial charge in [0.15, 0.2) is 69.9 Å². The Morgan fingerprint density at radius 2 is 0.400 bits per heavy atom. The van der Waals surface area contributed by atoms with Crippen molar-refractivity contribution < 1.29 is 26.3 Å². The van der Waals surface area contributed by atoms with E-state index in [0.717, 1.165) is 6.07 Å². The Balaban J connectivity index is 0.899. The highest BCUT2D eigenvalue weighted by Crippen LogP contribution is 2.52. The van der Waals surface area contributed by atoms with Gasteiger partial charge in [0.1, 0.15) is 0 Å². The standard InChI is InChI=1S/C99H57F6N15/c100-98(101,102)76-42-25-43-77(99(103,104)105)84(76)85-82(119-78-48-44-68(94-111-86(60-26-9-1-10-27-60)107-87(112-94)61-28-11-2-12-29-61)54-72(78)73-55-69(45-49-79(73)119)95-113-88(62-30-13-3-14-31-62)108-89(114-95)63-32-15-4-16-33-63)52-59(58-106)53-83(85)120-80-50-46-70(96-115-90(64-34-17-5-18-35-64)109-91(116-96)65-36-19-6-20-37-65)56-74(80)75-57-71(47-51-81(75)120)97-117-92(66-38-21-7-22-39-66)110-93(118-97)67-40-23-8-24-41-67/h1-57H. The molecule has 0 bridgehead atoms. The van der Waals surface area contributed by atoms with Crippen LogP contribution in [-0.2, 0) is 12.4 Å². The van der Waals surface area contributed by atoms with Gasteiger partial charge < -0.3 is 9.13 Å². The molecule has 20 aromatic rings. The third kappa shape index (κ3) is 13.6. The highest BCUT2D eigenvalue weighted by molar-refractivity contribution is 6.15. The Kier molecular flexibility index (Phi) is 18.1. The fourth-order valence-corrected chi connectivity index (χ4v) is 15.5. The summed E-state index contributed by atoms with van der Waals surface area (Å²) < 4.78 is 104. The molecule has 20 rings (SSSR count). The lowest BCUT2D eigenvalue weighted by atomic mass is 9.89. The summed E-state index contributed by atoms with van der Waals surface area (Å²) in [5.74, 6) is 3.82. The molecule has 6 aromatic heterocycles. The topological polar surface area (TPSA) is 188 Å². The first-order chi connectivity index (χ1) is 58.7. The van der Waals surface area contributed by atoms with Crippen LogP contribution in [0.3, 0.4) is 0 Å². The number of hydrogen-bond donors (Lipinski definition) is 0. The number of rotatable bonds is 15. The zero-order valence-electron chi connectivity index (χ0n) is 62.9. The average molecular weight is 1570 g/mol. The summed E-state index contributed by atoms with van der Waals surface area (Å²) in [4.78, 5) is 60.7. The third-order valence-electron chi connectivity index (χ3n) is 21.0. The van der Waals surface area contributed by atoms with Crippen LogP contribution in [-0.4, -0.2) is 68.9 Å². The summed E-state index contributed by atoms with van der Waals surface area (Å²) >= 11 is 0. The molecule has 15 nitrogen and oxygen atoms in total. The van der Waals surface area contributed by atoms with Crippen molar-refractivity contribution in [2.75, 3.05) is 0 Å². The first-order valence-corrected chi connectivity index (χ1v) is 38.2. The van der Waals surface area contributed by atoms with E-state index in [-0.39, 0.29) is 62.3 Å². The van der Waals surface area contributed by atoms with Gasteiger partial charge in [-0.25, -0.2) is 59.8 Å². The molecule has 0 saturated heterocycles. The zero-order valence-corrected chi connectivity index (χ0v) is 62.9. The molecule has 14 aromatic carbocycles. The first kappa shape index (κ1) is 72.7. The molecular formula is C99H57F6N15. The van der Waals surface area contributed by atoms with Crippen LogP contribution >= 0.6 is 0 Å². The van der Waals surface area contributed by atoms with Crippen LogP contribution in [0.2, 0.25) is 0 Å². The molecule has 0 N–H and O–H groups in total. The van der Waals surface area contributed by atoms with E-state index in [2.05, 4.69) is 6.07 Å². The fourth-order valence-electron chi connectivity index (χ4n) is 15.5. The van der Waals surface area contributed by atoms with Crippen LogP contribution in [0, 0.1) is 11.3 Å². The van der Waals surface area contributed by atoms with E-state index in [1.54, 1.807) is 57.7 Å². The number of nitriles is 1. The normalized spacial score (nSPS) is 11.7. The summed E-state index contributed by atoms with van der Waals surface area (Å²) in [7, 11) is 0. The summed E-state index contributed by atoms with van der Waals surface area (Å²) in [6.45, 7) is 0. The lowest BCUT2D eigenvalue weighted by molar-refractivity contribution is -0.142. The third-order valence-corrected chi connectivity index (χ3v) is 21.0. The van der Waals surface area contributed by atoms with E-state index in [0.29, 0.717) is 147 Å². The van der Waals surface area contributed by atoms with Gasteiger partial charge in [0.25, 0.3) is 0 Å². The predicted octanol–water partition coefficient (Wildman–Crippen LogP) is 24.2. The first-order valence-electron chi connectivity index (χ1n) is 38.2. The minimum absolute atomic E-state index is 0.133. The summed E-state index contributed by atoms with van der Waals surface area (Å²) in [6, 6.07) is 104. The average Bonchev–Trinajstić information content (AvgIpc) is 1.45. The van der Waals surface area contributed by atoms with Crippen molar-refractivity contribution in [3.05, 3.63) is 362 Å². The van der Waals surface area contributed by atoms with Crippen LogP contribution < -0.4 is 0 Å². The largest absolute Gasteiger partial charge is 0.417 e. The molecule has 0 atom stereocenters. The van der Waals surface area contributed by atoms with E-state index >= 15 is 26.3 Å². The van der Waals surface area contributed by atoms with Gasteiger partial charge in [-0.1, -0.05) is 249 Å². The maximum atomic E-state index is 16.8. The fraction of sp³-hybridized carbons (Fsp3) is 0.0202. The Bertz CT molecular complexity index is 6390. The molecule has 0 amide bonds. The number of fused-ring (bicyclic) bond motifs is 6. The van der Waals surface area contributed by atoms with Crippen molar-refractivity contribution in [3.8, 4) is 165 Å². The van der Waals surface area contributed by atoms with Crippen molar-refractivity contribution in [2.24, 2.45) is 0 Å². The van der Waals surface area contributed by atoms with Gasteiger partial charge in [-0.15, -0.1) is 0 Å². The van der Waals surface area contributed by atoms with Crippen LogP contribution in [0.1, 0.15) is 16.7 Å². The molecule has 570 valence electrons. The molecule has 0 fully saturated rings. The zero-order chi connectivity index (χ0) is 81.2. The molecular weight excluding hydrogens is 1510 g/mol. The summed E-state index contributed by atoms with van der Waals surface area (Å²) in [6.07, 6.45) is -10.9. The van der Waals surface area contributed by atoms with Crippen LogP contribution in [0.15, 0.2) is 346 Å². The van der Waals surface area contributed by atoms with E-state index in [1.165, 1.54) is 12.1 Å². The van der Waals surface area contributed by atoms with Gasteiger partial charge in [0.2, 0.25) is 0 Å². The molecule has 0 radical (unpaired) electrons. The Labute approximate surface area is 680 Å². The Hall–Kier alpha value is -16.2. The van der Waals surface area contributed by atoms with Crippen LogP contribution in [0.4, 0.5) is 26.3 Å². The maximum absolute atomic E-state index is 16.8.